The van der Waals surface area contributed by atoms with Crippen molar-refractivity contribution in [1.82, 2.24) is 9.55 Å². The van der Waals surface area contributed by atoms with Crippen molar-refractivity contribution in [2.75, 3.05) is 6.61 Å². The number of sulfonamides is 1. The second-order valence-electron chi connectivity index (χ2n) is 5.96. The predicted octanol–water partition coefficient (Wildman–Crippen LogP) is 2.56. The second-order valence-corrected chi connectivity index (χ2v) is 7.52. The van der Waals surface area contributed by atoms with Gasteiger partial charge in [-0.1, -0.05) is 18.2 Å². The Morgan fingerprint density at radius 3 is 2.46 bits per heavy atom. The third-order valence-corrected chi connectivity index (χ3v) is 4.93. The van der Waals surface area contributed by atoms with Gasteiger partial charge in [-0.3, -0.25) is 0 Å². The number of carbonyl (C=O) groups excluding carboxylic acids is 1. The van der Waals surface area contributed by atoms with Gasteiger partial charge in [0.1, 0.15) is 11.6 Å². The van der Waals surface area contributed by atoms with Crippen LogP contribution in [0.25, 0.3) is 11.4 Å². The summed E-state index contributed by atoms with van der Waals surface area (Å²) >= 11 is 0. The number of imidazole rings is 1. The third kappa shape index (κ3) is 4.26. The molecule has 0 aliphatic carbocycles. The highest BCUT2D eigenvalue weighted by molar-refractivity contribution is 7.89. The van der Waals surface area contributed by atoms with Crippen molar-refractivity contribution in [3.8, 4) is 11.4 Å². The minimum absolute atomic E-state index is 0.0472. The number of rotatable bonds is 6. The lowest BCUT2D eigenvalue weighted by Gasteiger charge is -2.09. The fourth-order valence-electron chi connectivity index (χ4n) is 2.67. The van der Waals surface area contributed by atoms with Crippen molar-refractivity contribution in [2.45, 2.75) is 18.4 Å². The Bertz CT molecular complexity index is 1110. The summed E-state index contributed by atoms with van der Waals surface area (Å²) in [5.74, 6) is -0.617. The number of aromatic nitrogens is 2. The average molecular weight is 403 g/mol. The molecule has 0 spiro atoms. The largest absolute Gasteiger partial charge is 0.461 e. The van der Waals surface area contributed by atoms with E-state index in [2.05, 4.69) is 4.98 Å². The summed E-state index contributed by atoms with van der Waals surface area (Å²) in [5, 5.41) is 5.12. The summed E-state index contributed by atoms with van der Waals surface area (Å²) in [7, 11) is -3.83. The predicted molar refractivity (Wildman–Crippen MR) is 100 cm³/mol. The second kappa shape index (κ2) is 7.91. The van der Waals surface area contributed by atoms with Crippen molar-refractivity contribution in [2.24, 2.45) is 5.14 Å². The van der Waals surface area contributed by atoms with Crippen LogP contribution in [0, 0.1) is 5.82 Å². The SMILES string of the molecule is CCOC(=O)c1cn(Cc2ccccc2F)c(-c2ccc(S(N)(=O)=O)cc2)n1. The molecule has 0 bridgehead atoms. The smallest absolute Gasteiger partial charge is 0.358 e. The van der Waals surface area contributed by atoms with Crippen molar-refractivity contribution < 1.29 is 22.3 Å². The highest BCUT2D eigenvalue weighted by atomic mass is 32.2. The van der Waals surface area contributed by atoms with E-state index in [4.69, 9.17) is 9.88 Å². The first-order chi connectivity index (χ1) is 13.3. The lowest BCUT2D eigenvalue weighted by atomic mass is 10.2. The van der Waals surface area contributed by atoms with E-state index in [0.717, 1.165) is 0 Å². The van der Waals surface area contributed by atoms with Crippen molar-refractivity contribution in [3.63, 3.8) is 0 Å². The molecule has 2 aromatic carbocycles. The molecule has 1 heterocycles. The minimum atomic E-state index is -3.83. The summed E-state index contributed by atoms with van der Waals surface area (Å²) in [5.41, 5.74) is 1.03. The van der Waals surface area contributed by atoms with Gasteiger partial charge in [-0.05, 0) is 37.3 Å². The van der Waals surface area contributed by atoms with Crippen molar-refractivity contribution in [1.29, 1.82) is 0 Å². The number of hydrogen-bond acceptors (Lipinski definition) is 5. The van der Waals surface area contributed by atoms with E-state index in [9.17, 15) is 17.6 Å². The molecule has 0 aliphatic rings. The van der Waals surface area contributed by atoms with Crippen molar-refractivity contribution in [3.05, 3.63) is 71.8 Å². The Balaban J connectivity index is 2.05. The van der Waals surface area contributed by atoms with E-state index in [1.165, 1.54) is 36.5 Å². The van der Waals surface area contributed by atoms with E-state index in [1.54, 1.807) is 29.7 Å². The van der Waals surface area contributed by atoms with Gasteiger partial charge in [0.2, 0.25) is 10.0 Å². The Morgan fingerprint density at radius 2 is 1.86 bits per heavy atom. The quantitative estimate of drug-likeness (QED) is 0.637. The van der Waals surface area contributed by atoms with Crippen LogP contribution < -0.4 is 5.14 Å². The van der Waals surface area contributed by atoms with Crippen LogP contribution in [-0.2, 0) is 21.3 Å². The Morgan fingerprint density at radius 1 is 1.18 bits per heavy atom. The molecule has 0 atom stereocenters. The molecule has 9 heteroatoms. The topological polar surface area (TPSA) is 104 Å². The maximum atomic E-state index is 14.1. The Labute approximate surface area is 161 Å². The lowest BCUT2D eigenvalue weighted by Crippen LogP contribution is -2.11. The zero-order valence-corrected chi connectivity index (χ0v) is 15.8. The van der Waals surface area contributed by atoms with Crippen LogP contribution in [0.2, 0.25) is 0 Å². The first-order valence-corrected chi connectivity index (χ1v) is 9.95. The molecule has 0 fully saturated rings. The summed E-state index contributed by atoms with van der Waals surface area (Å²) in [6.45, 7) is 2.00. The van der Waals surface area contributed by atoms with Gasteiger partial charge in [-0.15, -0.1) is 0 Å². The molecule has 28 heavy (non-hydrogen) atoms. The van der Waals surface area contributed by atoms with Gasteiger partial charge in [0.15, 0.2) is 5.69 Å². The van der Waals surface area contributed by atoms with Gasteiger partial charge in [-0.2, -0.15) is 0 Å². The third-order valence-electron chi connectivity index (χ3n) is 4.00. The number of primary sulfonamides is 1. The van der Waals surface area contributed by atoms with Crippen LogP contribution in [0.1, 0.15) is 23.0 Å². The standard InChI is InChI=1S/C19H18FN3O4S/c1-2-27-19(24)17-12-23(11-14-5-3-4-6-16(14)20)18(22-17)13-7-9-15(10-8-13)28(21,25)26/h3-10,12H,2,11H2,1H3,(H2,21,25,26). The van der Waals surface area contributed by atoms with Crippen LogP contribution >= 0.6 is 0 Å². The monoisotopic (exact) mass is 403 g/mol. The summed E-state index contributed by atoms with van der Waals surface area (Å²) in [6, 6.07) is 12.0. The molecule has 0 unspecified atom stereocenters. The number of hydrogen-bond donors (Lipinski definition) is 1. The molecule has 0 aliphatic heterocycles. The summed E-state index contributed by atoms with van der Waals surface area (Å²) in [4.78, 5) is 16.3. The van der Waals surface area contributed by atoms with Crippen LogP contribution in [0.5, 0.6) is 0 Å². The summed E-state index contributed by atoms with van der Waals surface area (Å²) in [6.07, 6.45) is 1.48. The van der Waals surface area contributed by atoms with Gasteiger partial charge in [-0.25, -0.2) is 27.7 Å². The Hall–Kier alpha value is -3.04. The first kappa shape index (κ1) is 19.7. The molecule has 7 nitrogen and oxygen atoms in total. The van der Waals surface area contributed by atoms with Crippen LogP contribution in [-0.4, -0.2) is 30.5 Å². The molecule has 0 saturated carbocycles. The van der Waals surface area contributed by atoms with E-state index in [0.29, 0.717) is 17.0 Å². The first-order valence-electron chi connectivity index (χ1n) is 8.40. The molecule has 3 rings (SSSR count). The number of esters is 1. The molecule has 2 N–H and O–H groups in total. The fraction of sp³-hybridized carbons (Fsp3) is 0.158. The normalized spacial score (nSPS) is 11.4. The average Bonchev–Trinajstić information content (AvgIpc) is 3.07. The molecule has 0 radical (unpaired) electrons. The molecule has 146 valence electrons. The fourth-order valence-corrected chi connectivity index (χ4v) is 3.19. The van der Waals surface area contributed by atoms with Crippen molar-refractivity contribution >= 4 is 16.0 Å². The molecular formula is C19H18FN3O4S. The van der Waals surface area contributed by atoms with E-state index >= 15 is 0 Å². The van der Waals surface area contributed by atoms with Gasteiger partial charge in [0.05, 0.1) is 18.0 Å². The van der Waals surface area contributed by atoms with E-state index in [-0.39, 0.29) is 29.6 Å². The maximum absolute atomic E-state index is 14.1. The van der Waals surface area contributed by atoms with E-state index in [1.807, 2.05) is 0 Å². The number of ether oxygens (including phenoxy) is 1. The maximum Gasteiger partial charge on any atom is 0.358 e. The molecule has 1 aromatic heterocycles. The number of benzene rings is 2. The van der Waals surface area contributed by atoms with Gasteiger partial charge in [0.25, 0.3) is 0 Å². The van der Waals surface area contributed by atoms with Gasteiger partial charge >= 0.3 is 5.97 Å². The van der Waals surface area contributed by atoms with Gasteiger partial charge in [0, 0.05) is 17.3 Å². The minimum Gasteiger partial charge on any atom is -0.461 e. The molecular weight excluding hydrogens is 385 g/mol. The zero-order valence-electron chi connectivity index (χ0n) is 15.0. The molecule has 3 aromatic rings. The van der Waals surface area contributed by atoms with Crippen LogP contribution in [0.3, 0.4) is 0 Å². The number of halogens is 1. The lowest BCUT2D eigenvalue weighted by molar-refractivity contribution is 0.0520. The number of nitrogens with zero attached hydrogens (tertiary/aromatic N) is 2. The van der Waals surface area contributed by atoms with E-state index < -0.39 is 16.0 Å². The molecule has 0 saturated heterocycles. The molecule has 0 amide bonds. The number of carbonyl (C=O) groups is 1. The highest BCUT2D eigenvalue weighted by Gasteiger charge is 2.18. The van der Waals surface area contributed by atoms with Crippen LogP contribution in [0.15, 0.2) is 59.6 Å². The zero-order chi connectivity index (χ0) is 20.3. The highest BCUT2D eigenvalue weighted by Crippen LogP contribution is 2.23. The van der Waals surface area contributed by atoms with Crippen LogP contribution in [0.4, 0.5) is 4.39 Å². The summed E-state index contributed by atoms with van der Waals surface area (Å²) < 4.78 is 43.6. The van der Waals surface area contributed by atoms with Gasteiger partial charge < -0.3 is 9.30 Å². The Kier molecular flexibility index (Phi) is 5.57. The number of nitrogens with two attached hydrogens (primary N) is 1.